The second kappa shape index (κ2) is 7.94. The number of anilines is 1. The number of fused-ring (bicyclic) bond motifs is 2. The molecule has 7 nitrogen and oxygen atoms in total. The third-order valence-corrected chi connectivity index (χ3v) is 6.83. The Labute approximate surface area is 182 Å². The highest BCUT2D eigenvalue weighted by molar-refractivity contribution is 6.07. The normalized spacial score (nSPS) is 25.6. The Kier molecular flexibility index (Phi) is 5.45. The van der Waals surface area contributed by atoms with E-state index >= 15 is 0 Å². The number of nitrogens with zero attached hydrogens (tertiary/aromatic N) is 2. The highest BCUT2D eigenvalue weighted by Crippen LogP contribution is 2.46. The van der Waals surface area contributed by atoms with Crippen LogP contribution < -0.4 is 4.90 Å². The number of allylic oxidation sites excluding steroid dienone is 1. The number of benzene rings is 1. The predicted molar refractivity (Wildman–Crippen MR) is 114 cm³/mol. The van der Waals surface area contributed by atoms with Crippen molar-refractivity contribution in [2.45, 2.75) is 44.9 Å². The topological polar surface area (TPSA) is 84.0 Å². The van der Waals surface area contributed by atoms with Crippen LogP contribution in [0.15, 0.2) is 36.0 Å². The van der Waals surface area contributed by atoms with Crippen LogP contribution in [0.4, 0.5) is 5.69 Å². The lowest BCUT2D eigenvalue weighted by molar-refractivity contribution is -0.154. The van der Waals surface area contributed by atoms with Crippen LogP contribution in [0.1, 0.15) is 45.1 Å². The Morgan fingerprint density at radius 3 is 2.32 bits per heavy atom. The molecule has 0 unspecified atom stereocenters. The number of hydrogen-bond donors (Lipinski definition) is 0. The van der Waals surface area contributed by atoms with Crippen molar-refractivity contribution in [3.63, 3.8) is 0 Å². The third-order valence-electron chi connectivity index (χ3n) is 6.83. The van der Waals surface area contributed by atoms with E-state index in [1.807, 2.05) is 50.1 Å². The van der Waals surface area contributed by atoms with Gasteiger partial charge in [-0.2, -0.15) is 0 Å². The first kappa shape index (κ1) is 21.3. The Bertz CT molecular complexity index is 956. The van der Waals surface area contributed by atoms with Gasteiger partial charge in [-0.15, -0.1) is 0 Å². The summed E-state index contributed by atoms with van der Waals surface area (Å²) in [6.45, 7) is 3.24. The number of hydrogen-bond acceptors (Lipinski definition) is 6. The van der Waals surface area contributed by atoms with Crippen molar-refractivity contribution in [2.75, 3.05) is 25.1 Å². The molecule has 1 aromatic rings. The van der Waals surface area contributed by atoms with Gasteiger partial charge in [-0.25, -0.2) is 0 Å². The summed E-state index contributed by atoms with van der Waals surface area (Å²) in [5.41, 5.74) is 2.64. The van der Waals surface area contributed by atoms with Crippen molar-refractivity contribution < 1.29 is 23.9 Å². The molecule has 0 bridgehead atoms. The second-order valence-electron chi connectivity index (χ2n) is 9.12. The fourth-order valence-corrected chi connectivity index (χ4v) is 5.17. The van der Waals surface area contributed by atoms with Crippen LogP contribution in [0.3, 0.4) is 0 Å². The summed E-state index contributed by atoms with van der Waals surface area (Å²) < 4.78 is 5.11. The summed E-state index contributed by atoms with van der Waals surface area (Å²) in [4.78, 5) is 52.7. The van der Waals surface area contributed by atoms with Gasteiger partial charge in [0.1, 0.15) is 6.54 Å². The summed E-state index contributed by atoms with van der Waals surface area (Å²) in [6, 6.07) is 7.97. The highest BCUT2D eigenvalue weighted by atomic mass is 16.5. The van der Waals surface area contributed by atoms with Crippen LogP contribution in [0, 0.1) is 11.8 Å². The van der Waals surface area contributed by atoms with E-state index < -0.39 is 19.1 Å². The van der Waals surface area contributed by atoms with Gasteiger partial charge >= 0.3 is 5.97 Å². The Hall–Kier alpha value is -2.96. The zero-order valence-electron chi connectivity index (χ0n) is 18.2. The van der Waals surface area contributed by atoms with E-state index in [2.05, 4.69) is 0 Å². The van der Waals surface area contributed by atoms with E-state index in [1.165, 1.54) is 6.08 Å². The number of carbonyl (C=O) groups is 4. The molecule has 1 saturated carbocycles. The van der Waals surface area contributed by atoms with Crippen LogP contribution in [-0.4, -0.2) is 48.7 Å². The SMILES string of the molecule is CN1C(=CC(=O)COC(=O)CN2C(=O)[C@@H]3CCCC[C@H]3C2=O)C(C)(C)c2ccccc21. The number of likely N-dealkylation sites (tertiary alicyclic amines) is 1. The quantitative estimate of drug-likeness (QED) is 0.410. The van der Waals surface area contributed by atoms with Crippen molar-refractivity contribution in [3.8, 4) is 0 Å². The maximum atomic E-state index is 12.5. The first-order chi connectivity index (χ1) is 14.7. The molecule has 0 radical (unpaired) electrons. The Morgan fingerprint density at radius 1 is 1.10 bits per heavy atom. The van der Waals surface area contributed by atoms with Gasteiger partial charge in [0.2, 0.25) is 11.8 Å². The minimum Gasteiger partial charge on any atom is -0.456 e. The number of esters is 1. The molecule has 2 atom stereocenters. The van der Waals surface area contributed by atoms with Gasteiger partial charge in [0.05, 0.1) is 11.8 Å². The standard InChI is InChI=1S/C24H28N2O5/c1-24(2)18-10-6-7-11-19(18)25(3)20(24)12-15(27)14-31-21(28)13-26-22(29)16-8-4-5-9-17(16)23(26)30/h6-7,10-12,16-17H,4-5,8-9,13-14H2,1-3H3/t16-,17-/m1/s1. The number of rotatable bonds is 5. The minimum absolute atomic E-state index is 0.285. The number of imide groups is 1. The summed E-state index contributed by atoms with van der Waals surface area (Å²) in [6.07, 6.45) is 4.75. The van der Waals surface area contributed by atoms with E-state index in [1.54, 1.807) is 0 Å². The molecule has 0 aromatic heterocycles. The highest BCUT2D eigenvalue weighted by Gasteiger charge is 2.48. The van der Waals surface area contributed by atoms with Gasteiger partial charge in [0, 0.05) is 29.9 Å². The maximum absolute atomic E-state index is 12.5. The number of ether oxygens (including phenoxy) is 1. The van der Waals surface area contributed by atoms with E-state index in [4.69, 9.17) is 4.74 Å². The molecule has 2 fully saturated rings. The zero-order valence-corrected chi connectivity index (χ0v) is 18.2. The lowest BCUT2D eigenvalue weighted by Gasteiger charge is -2.23. The van der Waals surface area contributed by atoms with E-state index in [9.17, 15) is 19.2 Å². The Balaban J connectivity index is 1.37. The van der Waals surface area contributed by atoms with Gasteiger partial charge in [-0.1, -0.05) is 44.9 Å². The van der Waals surface area contributed by atoms with Crippen molar-refractivity contribution in [1.82, 2.24) is 4.90 Å². The van der Waals surface area contributed by atoms with Crippen LogP contribution in [0.5, 0.6) is 0 Å². The van der Waals surface area contributed by atoms with Gasteiger partial charge in [-0.3, -0.25) is 24.1 Å². The average Bonchev–Trinajstić information content (AvgIpc) is 3.11. The fourth-order valence-electron chi connectivity index (χ4n) is 5.17. The molecule has 0 N–H and O–H groups in total. The third kappa shape index (κ3) is 3.66. The van der Waals surface area contributed by atoms with E-state index in [0.29, 0.717) is 12.8 Å². The predicted octanol–water partition coefficient (Wildman–Crippen LogP) is 2.59. The second-order valence-corrected chi connectivity index (χ2v) is 9.12. The lowest BCUT2D eigenvalue weighted by atomic mass is 9.81. The molecule has 31 heavy (non-hydrogen) atoms. The maximum Gasteiger partial charge on any atom is 0.326 e. The molecule has 3 aliphatic rings. The number of para-hydroxylation sites is 1. The van der Waals surface area contributed by atoms with Gasteiger partial charge in [-0.05, 0) is 24.5 Å². The van der Waals surface area contributed by atoms with Crippen LogP contribution in [0.2, 0.25) is 0 Å². The zero-order chi connectivity index (χ0) is 22.3. The van der Waals surface area contributed by atoms with Crippen molar-refractivity contribution in [3.05, 3.63) is 41.6 Å². The Morgan fingerprint density at radius 2 is 1.71 bits per heavy atom. The van der Waals surface area contributed by atoms with Gasteiger partial charge in [0.25, 0.3) is 0 Å². The van der Waals surface area contributed by atoms with E-state index in [-0.39, 0.29) is 34.8 Å². The van der Waals surface area contributed by atoms with Crippen LogP contribution in [0.25, 0.3) is 0 Å². The van der Waals surface area contributed by atoms with E-state index in [0.717, 1.165) is 34.7 Å². The summed E-state index contributed by atoms with van der Waals surface area (Å²) >= 11 is 0. The summed E-state index contributed by atoms with van der Waals surface area (Å²) in [7, 11) is 1.91. The summed E-state index contributed by atoms with van der Waals surface area (Å²) in [5, 5.41) is 0. The number of ketones is 1. The number of likely N-dealkylation sites (N-methyl/N-ethyl adjacent to an activating group) is 1. The molecule has 1 saturated heterocycles. The molecule has 1 aromatic carbocycles. The monoisotopic (exact) mass is 424 g/mol. The first-order valence-electron chi connectivity index (χ1n) is 10.8. The summed E-state index contributed by atoms with van der Waals surface area (Å²) in [5.74, 6) is -2.26. The largest absolute Gasteiger partial charge is 0.456 e. The molecule has 2 amide bonds. The molecule has 164 valence electrons. The molecule has 7 heteroatoms. The minimum atomic E-state index is -0.741. The molecular weight excluding hydrogens is 396 g/mol. The molecule has 1 aliphatic carbocycles. The van der Waals surface area contributed by atoms with Crippen LogP contribution in [-0.2, 0) is 29.3 Å². The first-order valence-corrected chi connectivity index (χ1v) is 10.8. The molecule has 0 spiro atoms. The fraction of sp³-hybridized carbons (Fsp3) is 0.500. The smallest absolute Gasteiger partial charge is 0.326 e. The molecule has 2 heterocycles. The van der Waals surface area contributed by atoms with Gasteiger partial charge < -0.3 is 9.64 Å². The van der Waals surface area contributed by atoms with Gasteiger partial charge in [0.15, 0.2) is 12.4 Å². The number of amides is 2. The van der Waals surface area contributed by atoms with Crippen molar-refractivity contribution in [2.24, 2.45) is 11.8 Å². The van der Waals surface area contributed by atoms with Crippen molar-refractivity contribution >= 4 is 29.3 Å². The molecular formula is C24H28N2O5. The lowest BCUT2D eigenvalue weighted by Crippen LogP contribution is -2.37. The average molecular weight is 424 g/mol. The van der Waals surface area contributed by atoms with Crippen LogP contribution >= 0.6 is 0 Å². The molecule has 2 aliphatic heterocycles. The van der Waals surface area contributed by atoms with Crippen molar-refractivity contribution in [1.29, 1.82) is 0 Å². The number of carbonyl (C=O) groups excluding carboxylic acids is 4. The molecule has 4 rings (SSSR count).